The number of benzene rings is 1. The van der Waals surface area contributed by atoms with Gasteiger partial charge in [-0.15, -0.1) is 0 Å². The van der Waals surface area contributed by atoms with E-state index in [0.29, 0.717) is 31.0 Å². The summed E-state index contributed by atoms with van der Waals surface area (Å²) >= 11 is 0. The first-order valence-electron chi connectivity index (χ1n) is 10.4. The second-order valence-corrected chi connectivity index (χ2v) is 7.97. The largest absolute Gasteiger partial charge is 0.476 e. The van der Waals surface area contributed by atoms with E-state index < -0.39 is 12.6 Å². The lowest BCUT2D eigenvalue weighted by Gasteiger charge is -2.29. The average Bonchev–Trinajstić information content (AvgIpc) is 2.76. The van der Waals surface area contributed by atoms with Gasteiger partial charge in [0.2, 0.25) is 0 Å². The number of rotatable bonds is 9. The van der Waals surface area contributed by atoms with Gasteiger partial charge in [0.05, 0.1) is 18.7 Å². The minimum Gasteiger partial charge on any atom is -0.476 e. The minimum absolute atomic E-state index is 0.114. The van der Waals surface area contributed by atoms with Gasteiger partial charge >= 0.3 is 6.18 Å². The Morgan fingerprint density at radius 3 is 2.59 bits per heavy atom. The van der Waals surface area contributed by atoms with Crippen LogP contribution in [0.5, 0.6) is 5.88 Å². The predicted octanol–water partition coefficient (Wildman–Crippen LogP) is 3.81. The molecule has 1 atom stereocenters. The van der Waals surface area contributed by atoms with Gasteiger partial charge in [0.15, 0.2) is 11.3 Å². The minimum atomic E-state index is -4.19. The molecule has 0 bridgehead atoms. The summed E-state index contributed by atoms with van der Waals surface area (Å²) < 4.78 is 56.1. The highest BCUT2D eigenvalue weighted by atomic mass is 19.4. The van der Waals surface area contributed by atoms with Gasteiger partial charge in [0.1, 0.15) is 12.7 Å². The molecular formula is C23H29F3N2O4. The summed E-state index contributed by atoms with van der Waals surface area (Å²) in [5, 5.41) is 0. The van der Waals surface area contributed by atoms with Crippen LogP contribution in [-0.4, -0.2) is 57.9 Å². The number of fused-ring (bicyclic) bond motifs is 3. The van der Waals surface area contributed by atoms with Gasteiger partial charge in [-0.05, 0) is 31.0 Å². The number of methoxy groups -OCH3 is 2. The molecule has 1 aliphatic heterocycles. The highest BCUT2D eigenvalue weighted by Crippen LogP contribution is 2.36. The second kappa shape index (κ2) is 9.95. The molecule has 1 aliphatic rings. The summed E-state index contributed by atoms with van der Waals surface area (Å²) in [6, 6.07) is 7.07. The highest BCUT2D eigenvalue weighted by Gasteiger charge is 2.28. The van der Waals surface area contributed by atoms with Crippen LogP contribution in [0.1, 0.15) is 17.5 Å². The lowest BCUT2D eigenvalue weighted by atomic mass is 9.94. The Balaban J connectivity index is 1.90. The Kier molecular flexibility index (Phi) is 7.51. The van der Waals surface area contributed by atoms with Crippen LogP contribution >= 0.6 is 0 Å². The molecule has 3 rings (SSSR count). The van der Waals surface area contributed by atoms with Crippen molar-refractivity contribution in [2.75, 3.05) is 45.9 Å². The Bertz CT molecular complexity index is 1000. The average molecular weight is 454 g/mol. The van der Waals surface area contributed by atoms with E-state index >= 15 is 0 Å². The van der Waals surface area contributed by atoms with Gasteiger partial charge < -0.3 is 23.7 Å². The topological polar surface area (TPSA) is 52.9 Å². The maximum atomic E-state index is 12.7. The zero-order valence-corrected chi connectivity index (χ0v) is 18.8. The molecule has 0 radical (unpaired) electrons. The van der Waals surface area contributed by atoms with Crippen molar-refractivity contribution >= 4 is 5.69 Å². The number of nitrogens with zero attached hydrogens (tertiary/aromatic N) is 2. The van der Waals surface area contributed by atoms with E-state index in [1.807, 2.05) is 16.7 Å². The Morgan fingerprint density at radius 1 is 1.19 bits per heavy atom. The molecule has 0 fully saturated rings. The number of alkyl halides is 3. The van der Waals surface area contributed by atoms with E-state index in [2.05, 4.69) is 0 Å². The summed E-state index contributed by atoms with van der Waals surface area (Å²) in [5.74, 6) is 0.464. The zero-order chi connectivity index (χ0) is 23.5. The van der Waals surface area contributed by atoms with E-state index in [9.17, 15) is 18.0 Å². The first-order chi connectivity index (χ1) is 15.1. The molecule has 0 N–H and O–H groups in total. The van der Waals surface area contributed by atoms with Gasteiger partial charge in [-0.25, -0.2) is 0 Å². The lowest BCUT2D eigenvalue weighted by Crippen LogP contribution is -2.28. The predicted molar refractivity (Wildman–Crippen MR) is 117 cm³/mol. The molecule has 176 valence electrons. The third-order valence-corrected chi connectivity index (χ3v) is 5.74. The van der Waals surface area contributed by atoms with Gasteiger partial charge in [-0.2, -0.15) is 13.2 Å². The lowest BCUT2D eigenvalue weighted by molar-refractivity contribution is -0.132. The van der Waals surface area contributed by atoms with E-state index in [1.54, 1.807) is 39.2 Å². The van der Waals surface area contributed by atoms with Crippen LogP contribution < -0.4 is 15.1 Å². The molecule has 9 heteroatoms. The molecule has 6 nitrogen and oxygen atoms in total. The molecule has 0 unspecified atom stereocenters. The fourth-order valence-corrected chi connectivity index (χ4v) is 3.88. The second-order valence-electron chi connectivity index (χ2n) is 7.97. The van der Waals surface area contributed by atoms with Crippen LogP contribution in [0.3, 0.4) is 0 Å². The normalized spacial score (nSPS) is 14.0. The summed E-state index contributed by atoms with van der Waals surface area (Å²) in [5.41, 5.74) is 3.86. The molecule has 32 heavy (non-hydrogen) atoms. The van der Waals surface area contributed by atoms with Gasteiger partial charge in [0, 0.05) is 57.2 Å². The fraction of sp³-hybridized carbons (Fsp3) is 0.522. The zero-order valence-electron chi connectivity index (χ0n) is 18.8. The summed E-state index contributed by atoms with van der Waals surface area (Å²) in [4.78, 5) is 14.3. The molecule has 0 spiro atoms. The van der Waals surface area contributed by atoms with E-state index in [-0.39, 0.29) is 24.7 Å². The summed E-state index contributed by atoms with van der Waals surface area (Å²) in [7, 11) is 4.80. The fourth-order valence-electron chi connectivity index (χ4n) is 3.88. The van der Waals surface area contributed by atoms with Gasteiger partial charge in [-0.1, -0.05) is 6.07 Å². The van der Waals surface area contributed by atoms with Crippen LogP contribution in [0, 0.1) is 6.92 Å². The molecule has 1 aromatic carbocycles. The number of ether oxygens (including phenoxy) is 3. The molecule has 0 saturated carbocycles. The standard InChI is InChI=1S/C23H29F3N2O4/c1-15-20(29)12-21(32-14-18(31-4)13-30-3)28-9-7-16-11-17(5-6-19(16)22(15)28)27(2)10-8-23(24,25)26/h5-6,11-12,18H,7-10,13-14H2,1-4H3/t18-/m0/s1. The Morgan fingerprint density at radius 2 is 1.94 bits per heavy atom. The van der Waals surface area contributed by atoms with Crippen LogP contribution in [0.25, 0.3) is 11.3 Å². The van der Waals surface area contributed by atoms with Crippen molar-refractivity contribution in [1.82, 2.24) is 4.57 Å². The van der Waals surface area contributed by atoms with Crippen molar-refractivity contribution in [2.45, 2.75) is 38.6 Å². The van der Waals surface area contributed by atoms with E-state index in [0.717, 1.165) is 22.5 Å². The van der Waals surface area contributed by atoms with Crippen molar-refractivity contribution in [3.8, 4) is 17.1 Å². The van der Waals surface area contributed by atoms with Crippen LogP contribution in [0.2, 0.25) is 0 Å². The molecule has 2 aromatic rings. The van der Waals surface area contributed by atoms with Crippen molar-refractivity contribution in [3.05, 3.63) is 45.6 Å². The number of hydrogen-bond donors (Lipinski definition) is 0. The number of aromatic nitrogens is 1. The molecule has 0 amide bonds. The molecule has 0 saturated heterocycles. The van der Waals surface area contributed by atoms with Crippen molar-refractivity contribution in [3.63, 3.8) is 0 Å². The van der Waals surface area contributed by atoms with Crippen molar-refractivity contribution in [1.29, 1.82) is 0 Å². The number of anilines is 1. The molecular weight excluding hydrogens is 425 g/mol. The van der Waals surface area contributed by atoms with Gasteiger partial charge in [-0.3, -0.25) is 4.79 Å². The number of halogens is 3. The molecule has 2 heterocycles. The van der Waals surface area contributed by atoms with E-state index in [4.69, 9.17) is 14.2 Å². The Labute approximate surface area is 185 Å². The van der Waals surface area contributed by atoms with Crippen LogP contribution in [0.15, 0.2) is 29.1 Å². The van der Waals surface area contributed by atoms with Crippen LogP contribution in [-0.2, 0) is 22.4 Å². The quantitative estimate of drug-likeness (QED) is 0.577. The third kappa shape index (κ3) is 5.45. The maximum absolute atomic E-state index is 12.7. The van der Waals surface area contributed by atoms with Crippen molar-refractivity contribution < 1.29 is 27.4 Å². The smallest absolute Gasteiger partial charge is 0.390 e. The SMILES string of the molecule is COC[C@@H](COc1cc(=O)c(C)c2n1CCc1cc(N(C)CCC(F)(F)F)ccc1-2)OC. The third-order valence-electron chi connectivity index (χ3n) is 5.74. The maximum Gasteiger partial charge on any atom is 0.390 e. The number of pyridine rings is 1. The molecule has 0 aliphatic carbocycles. The monoisotopic (exact) mass is 454 g/mol. The van der Waals surface area contributed by atoms with Crippen molar-refractivity contribution in [2.24, 2.45) is 0 Å². The Hall–Kier alpha value is -2.52. The molecule has 1 aromatic heterocycles. The number of hydrogen-bond acceptors (Lipinski definition) is 5. The van der Waals surface area contributed by atoms with Gasteiger partial charge in [0.25, 0.3) is 0 Å². The van der Waals surface area contributed by atoms with Crippen LogP contribution in [0.4, 0.5) is 18.9 Å². The highest BCUT2D eigenvalue weighted by molar-refractivity contribution is 5.72. The van der Waals surface area contributed by atoms with E-state index in [1.165, 1.54) is 6.07 Å². The summed E-state index contributed by atoms with van der Waals surface area (Å²) in [6.07, 6.45) is -4.66. The summed E-state index contributed by atoms with van der Waals surface area (Å²) in [6.45, 7) is 2.86. The first-order valence-corrected chi connectivity index (χ1v) is 10.4. The first kappa shape index (κ1) is 24.1. The number of aryl methyl sites for hydroxylation is 1.